The second-order valence-electron chi connectivity index (χ2n) is 5.32. The van der Waals surface area contributed by atoms with Gasteiger partial charge in [0.2, 0.25) is 0 Å². The summed E-state index contributed by atoms with van der Waals surface area (Å²) in [4.78, 5) is 0. The van der Waals surface area contributed by atoms with E-state index in [9.17, 15) is 0 Å². The molecule has 96 valence electrons. The molecule has 0 aromatic heterocycles. The van der Waals surface area contributed by atoms with Crippen LogP contribution < -0.4 is 14.8 Å². The molecule has 0 aliphatic rings. The fourth-order valence-corrected chi connectivity index (χ4v) is 1.67. The maximum Gasteiger partial charge on any atom is 0.165 e. The van der Waals surface area contributed by atoms with Crippen LogP contribution in [0.1, 0.15) is 26.3 Å². The lowest BCUT2D eigenvalue weighted by Gasteiger charge is -2.19. The minimum absolute atomic E-state index is 0.284. The molecule has 1 aromatic carbocycles. The normalized spacial score (nSPS) is 11.4. The molecule has 0 aliphatic heterocycles. The Balaban J connectivity index is 2.70. The fraction of sp³-hybridized carbons (Fsp3) is 0.571. The van der Waals surface area contributed by atoms with Crippen LogP contribution in [0.25, 0.3) is 0 Å². The van der Waals surface area contributed by atoms with Gasteiger partial charge in [0, 0.05) is 18.7 Å². The van der Waals surface area contributed by atoms with E-state index in [0.717, 1.165) is 30.2 Å². The smallest absolute Gasteiger partial charge is 0.165 e. The van der Waals surface area contributed by atoms with E-state index in [0.29, 0.717) is 0 Å². The van der Waals surface area contributed by atoms with E-state index in [2.05, 4.69) is 32.2 Å². The van der Waals surface area contributed by atoms with Crippen LogP contribution in [0.2, 0.25) is 0 Å². The zero-order valence-electron chi connectivity index (χ0n) is 11.5. The van der Waals surface area contributed by atoms with Gasteiger partial charge in [-0.1, -0.05) is 32.9 Å². The van der Waals surface area contributed by atoms with Crippen molar-refractivity contribution in [3.05, 3.63) is 23.8 Å². The Morgan fingerprint density at radius 2 is 1.82 bits per heavy atom. The van der Waals surface area contributed by atoms with E-state index in [1.54, 1.807) is 14.2 Å². The highest BCUT2D eigenvalue weighted by molar-refractivity contribution is 5.46. The predicted octanol–water partition coefficient (Wildman–Crippen LogP) is 2.84. The van der Waals surface area contributed by atoms with Crippen LogP contribution in [-0.2, 0) is 6.54 Å². The van der Waals surface area contributed by atoms with Gasteiger partial charge in [-0.25, -0.2) is 0 Å². The lowest BCUT2D eigenvalue weighted by atomic mass is 9.97. The van der Waals surface area contributed by atoms with Crippen molar-refractivity contribution >= 4 is 0 Å². The van der Waals surface area contributed by atoms with E-state index >= 15 is 0 Å². The third-order valence-electron chi connectivity index (χ3n) is 2.46. The zero-order valence-corrected chi connectivity index (χ0v) is 11.5. The van der Waals surface area contributed by atoms with Gasteiger partial charge in [0.05, 0.1) is 14.2 Å². The molecular weight excluding hydrogens is 214 g/mol. The summed E-state index contributed by atoms with van der Waals surface area (Å²) in [5.41, 5.74) is 1.41. The van der Waals surface area contributed by atoms with Gasteiger partial charge in [-0.3, -0.25) is 0 Å². The molecule has 1 rings (SSSR count). The van der Waals surface area contributed by atoms with Crippen LogP contribution in [0.4, 0.5) is 0 Å². The van der Waals surface area contributed by atoms with Crippen LogP contribution in [-0.4, -0.2) is 20.8 Å². The second kappa shape index (κ2) is 5.92. The van der Waals surface area contributed by atoms with Gasteiger partial charge >= 0.3 is 0 Å². The summed E-state index contributed by atoms with van der Waals surface area (Å²) in [6, 6.07) is 5.94. The number of hydrogen-bond acceptors (Lipinski definition) is 3. The summed E-state index contributed by atoms with van der Waals surface area (Å²) in [6.07, 6.45) is 0. The van der Waals surface area contributed by atoms with Gasteiger partial charge in [-0.2, -0.15) is 0 Å². The lowest BCUT2D eigenvalue weighted by molar-refractivity contribution is 0.346. The summed E-state index contributed by atoms with van der Waals surface area (Å²) in [5.74, 6) is 1.60. The van der Waals surface area contributed by atoms with Crippen molar-refractivity contribution in [3.8, 4) is 11.5 Å². The highest BCUT2D eigenvalue weighted by Crippen LogP contribution is 2.30. The highest BCUT2D eigenvalue weighted by Gasteiger charge is 2.12. The maximum absolute atomic E-state index is 5.39. The standard InChI is InChI=1S/C14H23NO2/c1-14(2,3)10-15-9-11-7-6-8-12(16-4)13(11)17-5/h6-8,15H,9-10H2,1-5H3. The average molecular weight is 237 g/mol. The van der Waals surface area contributed by atoms with Crippen molar-refractivity contribution in [2.75, 3.05) is 20.8 Å². The van der Waals surface area contributed by atoms with E-state index < -0.39 is 0 Å². The molecule has 0 fully saturated rings. The number of benzene rings is 1. The number of rotatable bonds is 5. The topological polar surface area (TPSA) is 30.5 Å². The Morgan fingerprint density at radius 1 is 1.12 bits per heavy atom. The van der Waals surface area contributed by atoms with Crippen molar-refractivity contribution in [2.45, 2.75) is 27.3 Å². The number of hydrogen-bond donors (Lipinski definition) is 1. The van der Waals surface area contributed by atoms with Gasteiger partial charge < -0.3 is 14.8 Å². The molecule has 1 N–H and O–H groups in total. The van der Waals surface area contributed by atoms with E-state index in [-0.39, 0.29) is 5.41 Å². The zero-order chi connectivity index (χ0) is 12.9. The third-order valence-corrected chi connectivity index (χ3v) is 2.46. The molecular formula is C14H23NO2. The number of ether oxygens (including phenoxy) is 2. The van der Waals surface area contributed by atoms with Crippen LogP contribution in [0.15, 0.2) is 18.2 Å². The Morgan fingerprint density at radius 3 is 2.35 bits per heavy atom. The van der Waals surface area contributed by atoms with E-state index in [1.807, 2.05) is 12.1 Å². The first-order chi connectivity index (χ1) is 7.98. The first-order valence-electron chi connectivity index (χ1n) is 5.88. The van der Waals surface area contributed by atoms with Crippen LogP contribution in [0.5, 0.6) is 11.5 Å². The molecule has 0 amide bonds. The Bertz CT molecular complexity index is 356. The molecule has 3 nitrogen and oxygen atoms in total. The van der Waals surface area contributed by atoms with E-state index in [4.69, 9.17) is 9.47 Å². The molecule has 0 saturated heterocycles. The Hall–Kier alpha value is -1.22. The van der Waals surface area contributed by atoms with Crippen molar-refractivity contribution < 1.29 is 9.47 Å². The first-order valence-corrected chi connectivity index (χ1v) is 5.88. The molecule has 3 heteroatoms. The molecule has 0 saturated carbocycles. The molecule has 0 spiro atoms. The molecule has 0 aliphatic carbocycles. The van der Waals surface area contributed by atoms with Gasteiger partial charge in [0.1, 0.15) is 0 Å². The quantitative estimate of drug-likeness (QED) is 0.854. The van der Waals surface area contributed by atoms with Crippen LogP contribution >= 0.6 is 0 Å². The van der Waals surface area contributed by atoms with Gasteiger partial charge in [0.25, 0.3) is 0 Å². The van der Waals surface area contributed by atoms with Gasteiger partial charge in [0.15, 0.2) is 11.5 Å². The van der Waals surface area contributed by atoms with Gasteiger partial charge in [-0.15, -0.1) is 0 Å². The minimum Gasteiger partial charge on any atom is -0.493 e. The van der Waals surface area contributed by atoms with Crippen molar-refractivity contribution in [2.24, 2.45) is 5.41 Å². The van der Waals surface area contributed by atoms with E-state index in [1.165, 1.54) is 0 Å². The third kappa shape index (κ3) is 4.27. The number of para-hydroxylation sites is 1. The largest absolute Gasteiger partial charge is 0.493 e. The monoisotopic (exact) mass is 237 g/mol. The highest BCUT2D eigenvalue weighted by atomic mass is 16.5. The molecule has 1 aromatic rings. The summed E-state index contributed by atoms with van der Waals surface area (Å²) in [6.45, 7) is 8.39. The summed E-state index contributed by atoms with van der Waals surface area (Å²) >= 11 is 0. The van der Waals surface area contributed by atoms with Crippen LogP contribution in [0, 0.1) is 5.41 Å². The summed E-state index contributed by atoms with van der Waals surface area (Å²) in [7, 11) is 3.33. The molecule has 0 heterocycles. The first kappa shape index (κ1) is 13.8. The molecule has 0 bridgehead atoms. The number of nitrogens with one attached hydrogen (secondary N) is 1. The number of methoxy groups -OCH3 is 2. The summed E-state index contributed by atoms with van der Waals surface area (Å²) in [5, 5.41) is 3.43. The molecule has 17 heavy (non-hydrogen) atoms. The Kier molecular flexibility index (Phi) is 4.82. The average Bonchev–Trinajstić information content (AvgIpc) is 2.27. The minimum atomic E-state index is 0.284. The maximum atomic E-state index is 5.39. The SMILES string of the molecule is COc1cccc(CNCC(C)(C)C)c1OC. The molecule has 0 unspecified atom stereocenters. The van der Waals surface area contributed by atoms with Crippen molar-refractivity contribution in [3.63, 3.8) is 0 Å². The summed E-state index contributed by atoms with van der Waals surface area (Å²) < 4.78 is 10.7. The van der Waals surface area contributed by atoms with Crippen molar-refractivity contribution in [1.82, 2.24) is 5.32 Å². The Labute approximate surface area is 104 Å². The fourth-order valence-electron chi connectivity index (χ4n) is 1.67. The predicted molar refractivity (Wildman–Crippen MR) is 70.7 cm³/mol. The lowest BCUT2D eigenvalue weighted by Crippen LogP contribution is -2.26. The van der Waals surface area contributed by atoms with Crippen molar-refractivity contribution in [1.29, 1.82) is 0 Å². The van der Waals surface area contributed by atoms with Crippen LogP contribution in [0.3, 0.4) is 0 Å². The molecule has 0 atom stereocenters. The van der Waals surface area contributed by atoms with Gasteiger partial charge in [-0.05, 0) is 11.5 Å². The second-order valence-corrected chi connectivity index (χ2v) is 5.32. The molecule has 0 radical (unpaired) electrons.